The summed E-state index contributed by atoms with van der Waals surface area (Å²) in [6, 6.07) is 13.6. The standard InChI is InChI=1S/C20H18N2O4/c23-17(12-21-11-14-6-2-4-8-16(14)19(21)24)22-10-9-13-5-1-3-7-15(13)18(22)20(25)26/h1-8,18H,9-12H2,(H,25,26). The summed E-state index contributed by atoms with van der Waals surface area (Å²) in [6.07, 6.45) is 0.611. The summed E-state index contributed by atoms with van der Waals surface area (Å²) in [4.78, 5) is 40.0. The van der Waals surface area contributed by atoms with Crippen molar-refractivity contribution >= 4 is 17.8 Å². The van der Waals surface area contributed by atoms with E-state index in [1.54, 1.807) is 24.3 Å². The van der Waals surface area contributed by atoms with E-state index in [0.717, 1.165) is 11.1 Å². The van der Waals surface area contributed by atoms with Crippen LogP contribution in [0.1, 0.15) is 33.1 Å². The predicted octanol–water partition coefficient (Wildman–Crippen LogP) is 1.85. The molecule has 0 radical (unpaired) electrons. The van der Waals surface area contributed by atoms with Gasteiger partial charge >= 0.3 is 5.97 Å². The normalized spacial score (nSPS) is 18.5. The number of carbonyl (C=O) groups excluding carboxylic acids is 2. The van der Waals surface area contributed by atoms with Gasteiger partial charge in [-0.1, -0.05) is 42.5 Å². The van der Waals surface area contributed by atoms with E-state index >= 15 is 0 Å². The van der Waals surface area contributed by atoms with Gasteiger partial charge in [0.2, 0.25) is 5.91 Å². The Bertz CT molecular complexity index is 908. The average Bonchev–Trinajstić information content (AvgIpc) is 2.96. The van der Waals surface area contributed by atoms with Gasteiger partial charge in [-0.05, 0) is 29.2 Å². The van der Waals surface area contributed by atoms with Crippen molar-refractivity contribution in [2.24, 2.45) is 0 Å². The smallest absolute Gasteiger partial charge is 0.331 e. The van der Waals surface area contributed by atoms with Crippen LogP contribution in [0, 0.1) is 0 Å². The van der Waals surface area contributed by atoms with E-state index in [1.807, 2.05) is 24.3 Å². The molecule has 2 amide bonds. The minimum absolute atomic E-state index is 0.112. The van der Waals surface area contributed by atoms with E-state index in [9.17, 15) is 19.5 Å². The molecule has 2 aromatic rings. The highest BCUT2D eigenvalue weighted by Crippen LogP contribution is 2.30. The van der Waals surface area contributed by atoms with Crippen molar-refractivity contribution in [3.63, 3.8) is 0 Å². The second kappa shape index (κ2) is 6.29. The van der Waals surface area contributed by atoms with Crippen molar-refractivity contribution in [1.82, 2.24) is 9.80 Å². The molecule has 26 heavy (non-hydrogen) atoms. The van der Waals surface area contributed by atoms with Gasteiger partial charge < -0.3 is 14.9 Å². The summed E-state index contributed by atoms with van der Waals surface area (Å²) in [5.41, 5.74) is 3.10. The molecule has 4 rings (SSSR count). The van der Waals surface area contributed by atoms with E-state index in [4.69, 9.17) is 0 Å². The Labute approximate surface area is 150 Å². The van der Waals surface area contributed by atoms with Crippen LogP contribution in [0.3, 0.4) is 0 Å². The summed E-state index contributed by atoms with van der Waals surface area (Å²) in [5, 5.41) is 9.68. The second-order valence-electron chi connectivity index (χ2n) is 6.60. The first-order valence-corrected chi connectivity index (χ1v) is 8.53. The largest absolute Gasteiger partial charge is 0.479 e. The summed E-state index contributed by atoms with van der Waals surface area (Å²) in [6.45, 7) is 0.601. The van der Waals surface area contributed by atoms with Gasteiger partial charge in [0.05, 0.1) is 0 Å². The first kappa shape index (κ1) is 16.3. The van der Waals surface area contributed by atoms with E-state index in [1.165, 1.54) is 9.80 Å². The molecule has 0 aromatic heterocycles. The maximum atomic E-state index is 12.8. The van der Waals surface area contributed by atoms with Crippen LogP contribution in [0.5, 0.6) is 0 Å². The van der Waals surface area contributed by atoms with Crippen LogP contribution in [0.2, 0.25) is 0 Å². The molecule has 2 aliphatic rings. The summed E-state index contributed by atoms with van der Waals surface area (Å²) in [7, 11) is 0. The lowest BCUT2D eigenvalue weighted by atomic mass is 9.92. The monoisotopic (exact) mass is 350 g/mol. The van der Waals surface area contributed by atoms with Gasteiger partial charge in [-0.2, -0.15) is 0 Å². The zero-order valence-corrected chi connectivity index (χ0v) is 14.1. The number of nitrogens with zero attached hydrogens (tertiary/aromatic N) is 2. The first-order valence-electron chi connectivity index (χ1n) is 8.53. The lowest BCUT2D eigenvalue weighted by Crippen LogP contribution is -2.47. The van der Waals surface area contributed by atoms with Crippen LogP contribution in [0.25, 0.3) is 0 Å². The molecule has 0 aliphatic carbocycles. The van der Waals surface area contributed by atoms with Gasteiger partial charge in [-0.15, -0.1) is 0 Å². The molecule has 132 valence electrons. The number of carboxylic acid groups (broad SMARTS) is 1. The fourth-order valence-corrected chi connectivity index (χ4v) is 3.80. The molecule has 1 unspecified atom stereocenters. The fraction of sp³-hybridized carbons (Fsp3) is 0.250. The highest BCUT2D eigenvalue weighted by atomic mass is 16.4. The highest BCUT2D eigenvalue weighted by molar-refractivity contribution is 6.00. The highest BCUT2D eigenvalue weighted by Gasteiger charge is 2.37. The maximum Gasteiger partial charge on any atom is 0.331 e. The summed E-state index contributed by atoms with van der Waals surface area (Å²) in [5.74, 6) is -1.58. The number of carboxylic acids is 1. The molecule has 0 bridgehead atoms. The Kier molecular flexibility index (Phi) is 3.95. The van der Waals surface area contributed by atoms with Crippen molar-refractivity contribution in [2.45, 2.75) is 19.0 Å². The average molecular weight is 350 g/mol. The second-order valence-corrected chi connectivity index (χ2v) is 6.60. The Morgan fingerprint density at radius 1 is 1.04 bits per heavy atom. The molecular formula is C20H18N2O4. The summed E-state index contributed by atoms with van der Waals surface area (Å²) >= 11 is 0. The zero-order chi connectivity index (χ0) is 18.3. The fourth-order valence-electron chi connectivity index (χ4n) is 3.80. The van der Waals surface area contributed by atoms with Gasteiger partial charge in [0.25, 0.3) is 5.91 Å². The van der Waals surface area contributed by atoms with Gasteiger partial charge in [0.15, 0.2) is 6.04 Å². The molecule has 0 fully saturated rings. The van der Waals surface area contributed by atoms with E-state index in [-0.39, 0.29) is 18.4 Å². The van der Waals surface area contributed by atoms with Crippen LogP contribution in [-0.2, 0) is 22.6 Å². The van der Waals surface area contributed by atoms with E-state index in [0.29, 0.717) is 30.6 Å². The number of aliphatic carboxylic acids is 1. The molecule has 1 atom stereocenters. The van der Waals surface area contributed by atoms with Gasteiger partial charge in [0, 0.05) is 18.7 Å². The third-order valence-electron chi connectivity index (χ3n) is 5.06. The molecule has 6 heteroatoms. The molecular weight excluding hydrogens is 332 g/mol. The third kappa shape index (κ3) is 2.63. The van der Waals surface area contributed by atoms with Crippen molar-refractivity contribution in [3.05, 3.63) is 70.8 Å². The topological polar surface area (TPSA) is 77.9 Å². The number of hydrogen-bond acceptors (Lipinski definition) is 3. The van der Waals surface area contributed by atoms with Crippen LogP contribution in [-0.4, -0.2) is 45.8 Å². The number of rotatable bonds is 3. The van der Waals surface area contributed by atoms with Crippen molar-refractivity contribution in [1.29, 1.82) is 0 Å². The van der Waals surface area contributed by atoms with Crippen molar-refractivity contribution in [2.75, 3.05) is 13.1 Å². The predicted molar refractivity (Wildman–Crippen MR) is 93.4 cm³/mol. The Balaban J connectivity index is 1.55. The molecule has 0 saturated carbocycles. The molecule has 2 heterocycles. The Hall–Kier alpha value is -3.15. The number of hydrogen-bond donors (Lipinski definition) is 1. The minimum Gasteiger partial charge on any atom is -0.479 e. The lowest BCUT2D eigenvalue weighted by Gasteiger charge is -2.35. The van der Waals surface area contributed by atoms with E-state index < -0.39 is 12.0 Å². The Morgan fingerprint density at radius 3 is 2.46 bits per heavy atom. The zero-order valence-electron chi connectivity index (χ0n) is 14.1. The number of benzene rings is 2. The Morgan fingerprint density at radius 2 is 1.73 bits per heavy atom. The molecule has 1 N–H and O–H groups in total. The summed E-state index contributed by atoms with van der Waals surface area (Å²) < 4.78 is 0. The van der Waals surface area contributed by atoms with Crippen LogP contribution in [0.4, 0.5) is 0 Å². The van der Waals surface area contributed by atoms with Crippen molar-refractivity contribution in [3.8, 4) is 0 Å². The van der Waals surface area contributed by atoms with E-state index in [2.05, 4.69) is 0 Å². The maximum absolute atomic E-state index is 12.8. The number of carbonyl (C=O) groups is 3. The third-order valence-corrected chi connectivity index (χ3v) is 5.06. The number of amides is 2. The quantitative estimate of drug-likeness (QED) is 0.916. The van der Waals surface area contributed by atoms with Crippen LogP contribution in [0.15, 0.2) is 48.5 Å². The van der Waals surface area contributed by atoms with Crippen LogP contribution >= 0.6 is 0 Å². The van der Waals surface area contributed by atoms with Gasteiger partial charge in [-0.25, -0.2) is 4.79 Å². The lowest BCUT2D eigenvalue weighted by molar-refractivity contribution is -0.151. The SMILES string of the molecule is O=C(O)C1c2ccccc2CCN1C(=O)CN1Cc2ccccc2C1=O. The van der Waals surface area contributed by atoms with Gasteiger partial charge in [-0.3, -0.25) is 9.59 Å². The molecule has 2 aromatic carbocycles. The number of fused-ring (bicyclic) bond motifs is 2. The minimum atomic E-state index is -1.05. The van der Waals surface area contributed by atoms with Crippen LogP contribution < -0.4 is 0 Å². The van der Waals surface area contributed by atoms with Gasteiger partial charge in [0.1, 0.15) is 6.54 Å². The molecule has 0 spiro atoms. The van der Waals surface area contributed by atoms with Crippen molar-refractivity contribution < 1.29 is 19.5 Å². The molecule has 0 saturated heterocycles. The molecule has 2 aliphatic heterocycles. The first-order chi connectivity index (χ1) is 12.6. The molecule has 6 nitrogen and oxygen atoms in total.